The van der Waals surface area contributed by atoms with Crippen molar-refractivity contribution in [2.45, 2.75) is 11.0 Å². The second-order valence-corrected chi connectivity index (χ2v) is 8.01. The Labute approximate surface area is 135 Å². The van der Waals surface area contributed by atoms with Crippen LogP contribution in [0.3, 0.4) is 0 Å². The van der Waals surface area contributed by atoms with Crippen molar-refractivity contribution in [2.24, 2.45) is 0 Å². The fraction of sp³-hybridized carbons (Fsp3) is 0.214. The molecule has 2 aromatic heterocycles. The van der Waals surface area contributed by atoms with Gasteiger partial charge in [-0.1, -0.05) is 6.07 Å². The van der Waals surface area contributed by atoms with Gasteiger partial charge in [-0.3, -0.25) is 4.98 Å². The summed E-state index contributed by atoms with van der Waals surface area (Å²) in [5.74, 6) is -0.643. The van der Waals surface area contributed by atoms with Crippen LogP contribution in [0.25, 0.3) is 11.1 Å². The molecule has 0 amide bonds. The average molecular weight is 354 g/mol. The zero-order valence-electron chi connectivity index (χ0n) is 12.1. The lowest BCUT2D eigenvalue weighted by atomic mass is 10.3. The Hall–Kier alpha value is -1.94. The number of nitrogens with zero attached hydrogens (tertiary/aromatic N) is 1. The molecular formula is C14H14N2O5S2. The van der Waals surface area contributed by atoms with E-state index < -0.39 is 21.9 Å². The number of rotatable bonds is 5. The van der Waals surface area contributed by atoms with E-state index in [1.165, 1.54) is 36.6 Å². The number of sulfonamides is 1. The van der Waals surface area contributed by atoms with Crippen molar-refractivity contribution in [3.8, 4) is 0 Å². The molecule has 122 valence electrons. The molecule has 9 heteroatoms. The lowest BCUT2D eigenvalue weighted by molar-refractivity contribution is 0.158. The maximum absolute atomic E-state index is 12.6. The zero-order chi connectivity index (χ0) is 16.6. The minimum atomic E-state index is -3.81. The van der Waals surface area contributed by atoms with Crippen LogP contribution in [0.2, 0.25) is 0 Å². The van der Waals surface area contributed by atoms with Crippen molar-refractivity contribution in [3.05, 3.63) is 51.1 Å². The molecule has 0 aliphatic rings. The van der Waals surface area contributed by atoms with Crippen LogP contribution in [0.15, 0.2) is 49.8 Å². The van der Waals surface area contributed by atoms with Crippen molar-refractivity contribution in [1.29, 1.82) is 0 Å². The Morgan fingerprint density at radius 3 is 2.87 bits per heavy atom. The van der Waals surface area contributed by atoms with Gasteiger partial charge in [-0.15, -0.1) is 11.3 Å². The number of hydrogen-bond donors (Lipinski definition) is 2. The number of aromatic nitrogens is 1. The molecule has 0 fully saturated rings. The van der Waals surface area contributed by atoms with Crippen molar-refractivity contribution in [3.63, 3.8) is 0 Å². The number of H-pyrrole nitrogens is 1. The third kappa shape index (κ3) is 3.08. The Kier molecular flexibility index (Phi) is 4.11. The summed E-state index contributed by atoms with van der Waals surface area (Å²) in [6.45, 7) is -0.0715. The summed E-state index contributed by atoms with van der Waals surface area (Å²) in [5.41, 5.74) is 0.596. The lowest BCUT2D eigenvalue weighted by Gasteiger charge is -2.20. The minimum Gasteiger partial charge on any atom is -0.408 e. The SMILES string of the molecule is CN(CC(O)c1cccs1)S(=O)(=O)c1ccc2[nH]c(=O)oc2c1. The van der Waals surface area contributed by atoms with Crippen LogP contribution in [0.4, 0.5) is 0 Å². The molecule has 1 unspecified atom stereocenters. The maximum Gasteiger partial charge on any atom is 0.417 e. The van der Waals surface area contributed by atoms with E-state index in [0.717, 1.165) is 4.31 Å². The molecule has 3 rings (SSSR count). The highest BCUT2D eigenvalue weighted by Crippen LogP contribution is 2.23. The smallest absolute Gasteiger partial charge is 0.408 e. The number of aliphatic hydroxyl groups is 1. The monoisotopic (exact) mass is 354 g/mol. The number of benzene rings is 1. The van der Waals surface area contributed by atoms with Crippen molar-refractivity contribution in [2.75, 3.05) is 13.6 Å². The second kappa shape index (κ2) is 5.93. The van der Waals surface area contributed by atoms with Crippen LogP contribution in [-0.4, -0.2) is 36.4 Å². The first-order valence-corrected chi connectivity index (χ1v) is 9.00. The average Bonchev–Trinajstić information content (AvgIpc) is 3.14. The van der Waals surface area contributed by atoms with Gasteiger partial charge in [0.1, 0.15) is 6.10 Å². The molecule has 0 aliphatic carbocycles. The Morgan fingerprint density at radius 1 is 1.39 bits per heavy atom. The standard InChI is InChI=1S/C14H14N2O5S2/c1-16(8-11(17)13-3-2-6-22-13)23(19,20)9-4-5-10-12(7-9)21-14(18)15-10/h2-7,11,17H,8H2,1H3,(H,15,18). The normalized spacial score (nSPS) is 13.7. The van der Waals surface area contributed by atoms with Gasteiger partial charge in [-0.2, -0.15) is 4.31 Å². The number of aliphatic hydroxyl groups excluding tert-OH is 1. The zero-order valence-corrected chi connectivity index (χ0v) is 13.7. The predicted molar refractivity (Wildman–Crippen MR) is 85.9 cm³/mol. The summed E-state index contributed by atoms with van der Waals surface area (Å²) < 4.78 is 31.1. The quantitative estimate of drug-likeness (QED) is 0.723. The first-order chi connectivity index (χ1) is 10.9. The Bertz CT molecular complexity index is 972. The van der Waals surface area contributed by atoms with Crippen molar-refractivity contribution >= 4 is 32.5 Å². The lowest BCUT2D eigenvalue weighted by Crippen LogP contribution is -2.31. The number of thiophene rings is 1. The second-order valence-electron chi connectivity index (χ2n) is 4.99. The Morgan fingerprint density at radius 2 is 2.17 bits per heavy atom. The topological polar surface area (TPSA) is 104 Å². The molecule has 1 atom stereocenters. The van der Waals surface area contributed by atoms with Gasteiger partial charge in [-0.05, 0) is 23.6 Å². The van der Waals surface area contributed by atoms with E-state index in [0.29, 0.717) is 10.4 Å². The Balaban J connectivity index is 1.87. The minimum absolute atomic E-state index is 0.00590. The maximum atomic E-state index is 12.6. The van der Waals surface area contributed by atoms with Crippen LogP contribution in [0.5, 0.6) is 0 Å². The highest BCUT2D eigenvalue weighted by atomic mass is 32.2. The highest BCUT2D eigenvalue weighted by molar-refractivity contribution is 7.89. The summed E-state index contributed by atoms with van der Waals surface area (Å²) >= 11 is 1.36. The third-order valence-electron chi connectivity index (χ3n) is 3.40. The molecule has 2 N–H and O–H groups in total. The van der Waals surface area contributed by atoms with E-state index >= 15 is 0 Å². The van der Waals surface area contributed by atoms with Crippen molar-refractivity contribution in [1.82, 2.24) is 9.29 Å². The van der Waals surface area contributed by atoms with E-state index in [1.54, 1.807) is 12.1 Å². The summed E-state index contributed by atoms with van der Waals surface area (Å²) in [4.78, 5) is 14.3. The van der Waals surface area contributed by atoms with Gasteiger partial charge in [0.25, 0.3) is 0 Å². The summed E-state index contributed by atoms with van der Waals surface area (Å²) in [6.07, 6.45) is -0.899. The van der Waals surface area contributed by atoms with Gasteiger partial charge >= 0.3 is 5.76 Å². The predicted octanol–water partition coefficient (Wildman–Crippen LogP) is 1.54. The van der Waals surface area contributed by atoms with E-state index in [9.17, 15) is 18.3 Å². The fourth-order valence-electron chi connectivity index (χ4n) is 2.18. The van der Waals surface area contributed by atoms with Crippen LogP contribution in [0, 0.1) is 0 Å². The van der Waals surface area contributed by atoms with Gasteiger partial charge < -0.3 is 9.52 Å². The molecule has 0 spiro atoms. The van der Waals surface area contributed by atoms with Gasteiger partial charge in [0, 0.05) is 24.5 Å². The van der Waals surface area contributed by atoms with Gasteiger partial charge in [0.2, 0.25) is 10.0 Å². The van der Waals surface area contributed by atoms with E-state index in [4.69, 9.17) is 4.42 Å². The van der Waals surface area contributed by atoms with Gasteiger partial charge in [-0.25, -0.2) is 13.2 Å². The number of hydrogen-bond acceptors (Lipinski definition) is 6. The molecule has 23 heavy (non-hydrogen) atoms. The number of oxazole rings is 1. The summed E-state index contributed by atoms with van der Waals surface area (Å²) in [7, 11) is -2.41. The van der Waals surface area contributed by atoms with E-state index in [2.05, 4.69) is 4.98 Å². The third-order valence-corrected chi connectivity index (χ3v) is 6.20. The molecule has 0 saturated heterocycles. The number of likely N-dealkylation sites (N-methyl/N-ethyl adjacent to an activating group) is 1. The molecule has 0 bridgehead atoms. The number of nitrogens with one attached hydrogen (secondary N) is 1. The number of aromatic amines is 1. The molecule has 1 aromatic carbocycles. The first-order valence-electron chi connectivity index (χ1n) is 6.68. The number of fused-ring (bicyclic) bond motifs is 1. The molecule has 3 aromatic rings. The highest BCUT2D eigenvalue weighted by Gasteiger charge is 2.24. The fourth-order valence-corrected chi connectivity index (χ4v) is 4.07. The van der Waals surface area contributed by atoms with Gasteiger partial charge in [0.05, 0.1) is 10.4 Å². The molecule has 0 aliphatic heterocycles. The molecule has 0 radical (unpaired) electrons. The summed E-state index contributed by atoms with van der Waals surface area (Å²) in [5, 5.41) is 11.9. The van der Waals surface area contributed by atoms with Crippen LogP contribution >= 0.6 is 11.3 Å². The van der Waals surface area contributed by atoms with Crippen LogP contribution in [-0.2, 0) is 10.0 Å². The van der Waals surface area contributed by atoms with E-state index in [1.807, 2.05) is 5.38 Å². The molecule has 0 saturated carbocycles. The van der Waals surface area contributed by atoms with Crippen LogP contribution in [0.1, 0.15) is 11.0 Å². The molecule has 2 heterocycles. The van der Waals surface area contributed by atoms with Crippen LogP contribution < -0.4 is 5.76 Å². The summed E-state index contributed by atoms with van der Waals surface area (Å²) in [6, 6.07) is 7.68. The largest absolute Gasteiger partial charge is 0.417 e. The van der Waals surface area contributed by atoms with Gasteiger partial charge in [0.15, 0.2) is 5.58 Å². The first kappa shape index (κ1) is 15.9. The molecular weight excluding hydrogens is 340 g/mol. The van der Waals surface area contributed by atoms with Crippen molar-refractivity contribution < 1.29 is 17.9 Å². The van der Waals surface area contributed by atoms with E-state index in [-0.39, 0.29) is 17.0 Å². The molecule has 7 nitrogen and oxygen atoms in total.